The Morgan fingerprint density at radius 2 is 2.26 bits per heavy atom. The van der Waals surface area contributed by atoms with E-state index in [9.17, 15) is 9.90 Å². The SMILES string of the molecule is Cc1ccnc(NCCc2ccc(Br)s2)c1C(=O)O. The summed E-state index contributed by atoms with van der Waals surface area (Å²) in [6.07, 6.45) is 2.46. The summed E-state index contributed by atoms with van der Waals surface area (Å²) in [5.41, 5.74) is 0.957. The number of hydrogen-bond acceptors (Lipinski definition) is 4. The van der Waals surface area contributed by atoms with Crippen molar-refractivity contribution in [3.8, 4) is 0 Å². The Morgan fingerprint density at radius 3 is 2.89 bits per heavy atom. The first-order chi connectivity index (χ1) is 9.08. The van der Waals surface area contributed by atoms with Crippen LogP contribution in [0.3, 0.4) is 0 Å². The lowest BCUT2D eigenvalue weighted by molar-refractivity contribution is 0.0697. The van der Waals surface area contributed by atoms with Crippen molar-refractivity contribution >= 4 is 39.1 Å². The lowest BCUT2D eigenvalue weighted by Gasteiger charge is -2.09. The van der Waals surface area contributed by atoms with E-state index < -0.39 is 5.97 Å². The highest BCUT2D eigenvalue weighted by Crippen LogP contribution is 2.22. The van der Waals surface area contributed by atoms with Gasteiger partial charge in [0.2, 0.25) is 0 Å². The quantitative estimate of drug-likeness (QED) is 0.873. The van der Waals surface area contributed by atoms with Crippen molar-refractivity contribution in [2.24, 2.45) is 0 Å². The highest BCUT2D eigenvalue weighted by molar-refractivity contribution is 9.11. The molecule has 2 aromatic rings. The van der Waals surface area contributed by atoms with Crippen LogP contribution < -0.4 is 5.32 Å². The Hall–Kier alpha value is -1.40. The average Bonchev–Trinajstić information content (AvgIpc) is 2.74. The van der Waals surface area contributed by atoms with Gasteiger partial charge in [-0.3, -0.25) is 0 Å². The van der Waals surface area contributed by atoms with Crippen LogP contribution in [0.4, 0.5) is 5.82 Å². The minimum Gasteiger partial charge on any atom is -0.478 e. The molecule has 100 valence electrons. The van der Waals surface area contributed by atoms with Crippen LogP contribution in [0.2, 0.25) is 0 Å². The maximum Gasteiger partial charge on any atom is 0.339 e. The number of rotatable bonds is 5. The number of carbonyl (C=O) groups is 1. The normalized spacial score (nSPS) is 10.4. The van der Waals surface area contributed by atoms with Gasteiger partial charge in [-0.1, -0.05) is 0 Å². The van der Waals surface area contributed by atoms with Gasteiger partial charge in [-0.05, 0) is 53.0 Å². The predicted octanol–water partition coefficient (Wildman–Crippen LogP) is 3.57. The third-order valence-corrected chi connectivity index (χ3v) is 4.35. The topological polar surface area (TPSA) is 62.2 Å². The van der Waals surface area contributed by atoms with E-state index in [2.05, 4.69) is 32.3 Å². The molecule has 0 aliphatic heterocycles. The van der Waals surface area contributed by atoms with E-state index >= 15 is 0 Å². The van der Waals surface area contributed by atoms with E-state index in [1.165, 1.54) is 4.88 Å². The van der Waals surface area contributed by atoms with Gasteiger partial charge < -0.3 is 10.4 Å². The molecule has 0 saturated heterocycles. The molecule has 0 amide bonds. The molecular weight excluding hydrogens is 328 g/mol. The van der Waals surface area contributed by atoms with Crippen LogP contribution in [0.15, 0.2) is 28.2 Å². The molecule has 0 unspecified atom stereocenters. The van der Waals surface area contributed by atoms with Crippen molar-refractivity contribution in [1.29, 1.82) is 0 Å². The molecule has 0 bridgehead atoms. The van der Waals surface area contributed by atoms with Crippen LogP contribution >= 0.6 is 27.3 Å². The third-order valence-electron chi connectivity index (χ3n) is 2.67. The molecule has 2 N–H and O–H groups in total. The molecule has 4 nitrogen and oxygen atoms in total. The van der Waals surface area contributed by atoms with Gasteiger partial charge in [-0.15, -0.1) is 11.3 Å². The first kappa shape index (κ1) is 14.0. The Balaban J connectivity index is 2.03. The van der Waals surface area contributed by atoms with Crippen molar-refractivity contribution in [3.63, 3.8) is 0 Å². The fourth-order valence-corrected chi connectivity index (χ4v) is 3.24. The molecule has 0 saturated carbocycles. The zero-order valence-electron chi connectivity index (χ0n) is 10.3. The van der Waals surface area contributed by atoms with Crippen LogP contribution in [0.1, 0.15) is 20.8 Å². The second-order valence-electron chi connectivity index (χ2n) is 4.04. The van der Waals surface area contributed by atoms with Crippen molar-refractivity contribution in [2.75, 3.05) is 11.9 Å². The summed E-state index contributed by atoms with van der Waals surface area (Å²) in [7, 11) is 0. The van der Waals surface area contributed by atoms with Crippen LogP contribution in [0, 0.1) is 6.92 Å². The Labute approximate surface area is 123 Å². The predicted molar refractivity (Wildman–Crippen MR) is 80.1 cm³/mol. The molecule has 2 aromatic heterocycles. The van der Waals surface area contributed by atoms with E-state index in [4.69, 9.17) is 0 Å². The van der Waals surface area contributed by atoms with E-state index in [0.29, 0.717) is 17.9 Å². The number of hydrogen-bond donors (Lipinski definition) is 2. The van der Waals surface area contributed by atoms with Crippen molar-refractivity contribution in [1.82, 2.24) is 4.98 Å². The highest BCUT2D eigenvalue weighted by atomic mass is 79.9. The lowest BCUT2D eigenvalue weighted by Crippen LogP contribution is -2.12. The summed E-state index contributed by atoms with van der Waals surface area (Å²) in [6, 6.07) is 5.76. The number of pyridine rings is 1. The van der Waals surface area contributed by atoms with Gasteiger partial charge in [-0.25, -0.2) is 9.78 Å². The minimum absolute atomic E-state index is 0.245. The number of aromatic nitrogens is 1. The maximum absolute atomic E-state index is 11.2. The summed E-state index contributed by atoms with van der Waals surface area (Å²) in [6.45, 7) is 2.43. The number of anilines is 1. The van der Waals surface area contributed by atoms with Crippen molar-refractivity contribution < 1.29 is 9.90 Å². The van der Waals surface area contributed by atoms with Crippen molar-refractivity contribution in [2.45, 2.75) is 13.3 Å². The fourth-order valence-electron chi connectivity index (χ4n) is 1.75. The van der Waals surface area contributed by atoms with E-state index in [1.807, 2.05) is 6.07 Å². The van der Waals surface area contributed by atoms with E-state index in [-0.39, 0.29) is 5.56 Å². The minimum atomic E-state index is -0.952. The Morgan fingerprint density at radius 1 is 1.47 bits per heavy atom. The fraction of sp³-hybridized carbons (Fsp3) is 0.231. The number of carboxylic acids is 1. The molecule has 0 atom stereocenters. The maximum atomic E-state index is 11.2. The van der Waals surface area contributed by atoms with Gasteiger partial charge in [0.25, 0.3) is 0 Å². The molecule has 0 fully saturated rings. The average molecular weight is 341 g/mol. The van der Waals surface area contributed by atoms with Crippen LogP contribution in [0.5, 0.6) is 0 Å². The van der Waals surface area contributed by atoms with Gasteiger partial charge in [0.15, 0.2) is 0 Å². The van der Waals surface area contributed by atoms with Crippen LogP contribution in [-0.2, 0) is 6.42 Å². The number of carboxylic acid groups (broad SMARTS) is 1. The van der Waals surface area contributed by atoms with E-state index in [1.54, 1.807) is 30.5 Å². The second kappa shape index (κ2) is 6.16. The molecule has 19 heavy (non-hydrogen) atoms. The molecule has 0 aromatic carbocycles. The van der Waals surface area contributed by atoms with Gasteiger partial charge in [0.05, 0.1) is 3.79 Å². The van der Waals surface area contributed by atoms with Crippen LogP contribution in [0.25, 0.3) is 0 Å². The largest absolute Gasteiger partial charge is 0.478 e. The summed E-state index contributed by atoms with van der Waals surface area (Å²) in [5, 5.41) is 12.3. The number of thiophene rings is 1. The molecule has 0 spiro atoms. The van der Waals surface area contributed by atoms with Gasteiger partial charge >= 0.3 is 5.97 Å². The van der Waals surface area contributed by atoms with Crippen molar-refractivity contribution in [3.05, 3.63) is 44.2 Å². The second-order valence-corrected chi connectivity index (χ2v) is 6.59. The van der Waals surface area contributed by atoms with Crippen LogP contribution in [-0.4, -0.2) is 22.6 Å². The standard InChI is InChI=1S/C13H13BrN2O2S/c1-8-4-6-15-12(11(8)13(17)18)16-7-5-9-2-3-10(14)19-9/h2-4,6H,5,7H2,1H3,(H,15,16)(H,17,18). The summed E-state index contributed by atoms with van der Waals surface area (Å²) < 4.78 is 1.10. The van der Waals surface area contributed by atoms with Gasteiger partial charge in [0, 0.05) is 17.6 Å². The summed E-state index contributed by atoms with van der Waals surface area (Å²) in [5.74, 6) is -0.518. The molecule has 0 aliphatic carbocycles. The molecule has 0 radical (unpaired) electrons. The first-order valence-corrected chi connectivity index (χ1v) is 7.36. The number of aromatic carboxylic acids is 1. The molecule has 2 heterocycles. The Bertz CT molecular complexity index is 598. The molecule has 6 heteroatoms. The summed E-state index contributed by atoms with van der Waals surface area (Å²) >= 11 is 5.09. The zero-order chi connectivity index (χ0) is 13.8. The zero-order valence-corrected chi connectivity index (χ0v) is 12.7. The highest BCUT2D eigenvalue weighted by Gasteiger charge is 2.13. The number of aryl methyl sites for hydroxylation is 1. The smallest absolute Gasteiger partial charge is 0.339 e. The third kappa shape index (κ3) is 3.54. The molecule has 0 aliphatic rings. The number of nitrogens with one attached hydrogen (secondary N) is 1. The molecular formula is C13H13BrN2O2S. The Kier molecular flexibility index (Phi) is 4.55. The number of halogens is 1. The first-order valence-electron chi connectivity index (χ1n) is 5.75. The molecule has 2 rings (SSSR count). The van der Waals surface area contributed by atoms with Gasteiger partial charge in [-0.2, -0.15) is 0 Å². The van der Waals surface area contributed by atoms with Gasteiger partial charge in [0.1, 0.15) is 11.4 Å². The summed E-state index contributed by atoms with van der Waals surface area (Å²) in [4.78, 5) is 16.5. The number of nitrogens with zero attached hydrogens (tertiary/aromatic N) is 1. The lowest BCUT2D eigenvalue weighted by atomic mass is 10.1. The van der Waals surface area contributed by atoms with E-state index in [0.717, 1.165) is 10.2 Å². The monoisotopic (exact) mass is 340 g/mol.